The molecule has 0 aromatic carbocycles. The molecule has 0 saturated heterocycles. The summed E-state index contributed by atoms with van der Waals surface area (Å²) in [6.07, 6.45) is 18.0. The first kappa shape index (κ1) is 28.4. The van der Waals surface area contributed by atoms with Crippen molar-refractivity contribution in [3.05, 3.63) is 11.6 Å². The highest BCUT2D eigenvalue weighted by Gasteiger charge is 2.56. The standard InChI is InChI=1S/C29H48O2.2CH4/c1-6-28(30)31-22-11-13-23-21(18-22)10-12-25-24(23)16-17-29(5)26(14-15-27(25)29)20(4)9-7-8-19(2)3;;/h10,19-20,22-27H,6-9,11-18H2,1-5H3;2*1H4. The molecule has 0 aromatic rings. The molecule has 3 fully saturated rings. The Labute approximate surface area is 206 Å². The van der Waals surface area contributed by atoms with E-state index < -0.39 is 0 Å². The molecule has 3 saturated carbocycles. The van der Waals surface area contributed by atoms with Gasteiger partial charge in [-0.05, 0) is 91.8 Å². The average Bonchev–Trinajstić information content (AvgIpc) is 3.10. The van der Waals surface area contributed by atoms with E-state index in [1.807, 2.05) is 6.92 Å². The SMILES string of the molecule is C.C.CCC(=O)OC1CCC2C(=CCC3C2CCC2(C)C(C(C)CCCC(C)C)CCC32)C1. The maximum absolute atomic E-state index is 11.8. The third kappa shape index (κ3) is 5.72. The number of carbonyl (C=O) groups is 1. The van der Waals surface area contributed by atoms with Crippen molar-refractivity contribution >= 4 is 5.97 Å². The van der Waals surface area contributed by atoms with E-state index >= 15 is 0 Å². The minimum absolute atomic E-state index is 0. The maximum Gasteiger partial charge on any atom is 0.305 e. The summed E-state index contributed by atoms with van der Waals surface area (Å²) in [5.41, 5.74) is 2.22. The summed E-state index contributed by atoms with van der Waals surface area (Å²) in [4.78, 5) is 11.8. The third-order valence-electron chi connectivity index (χ3n) is 10.2. The van der Waals surface area contributed by atoms with Crippen LogP contribution in [0.25, 0.3) is 0 Å². The minimum Gasteiger partial charge on any atom is -0.462 e. The number of hydrogen-bond donors (Lipinski definition) is 0. The molecule has 192 valence electrons. The van der Waals surface area contributed by atoms with Gasteiger partial charge in [-0.15, -0.1) is 0 Å². The molecule has 0 bridgehead atoms. The topological polar surface area (TPSA) is 26.3 Å². The van der Waals surface area contributed by atoms with Crippen LogP contribution >= 0.6 is 0 Å². The Bertz CT molecular complexity index is 664. The average molecular weight is 461 g/mol. The second kappa shape index (κ2) is 11.8. The van der Waals surface area contributed by atoms with E-state index in [0.29, 0.717) is 11.8 Å². The van der Waals surface area contributed by atoms with Crippen LogP contribution in [0.5, 0.6) is 0 Å². The van der Waals surface area contributed by atoms with E-state index in [0.717, 1.165) is 54.3 Å². The fraction of sp³-hybridized carbons (Fsp3) is 0.903. The van der Waals surface area contributed by atoms with Gasteiger partial charge >= 0.3 is 5.97 Å². The summed E-state index contributed by atoms with van der Waals surface area (Å²) in [6, 6.07) is 0. The summed E-state index contributed by atoms with van der Waals surface area (Å²) in [5, 5.41) is 0. The fourth-order valence-corrected chi connectivity index (χ4v) is 8.63. The molecule has 0 aromatic heterocycles. The Morgan fingerprint density at radius 1 is 1.06 bits per heavy atom. The first-order valence-electron chi connectivity index (χ1n) is 13.7. The minimum atomic E-state index is -0.0225. The molecule has 0 heterocycles. The molecule has 4 aliphatic carbocycles. The molecule has 33 heavy (non-hydrogen) atoms. The van der Waals surface area contributed by atoms with Crippen LogP contribution in [0.1, 0.15) is 127 Å². The van der Waals surface area contributed by atoms with Crippen molar-refractivity contribution in [3.63, 3.8) is 0 Å². The van der Waals surface area contributed by atoms with Crippen molar-refractivity contribution in [1.29, 1.82) is 0 Å². The molecule has 4 rings (SSSR count). The molecule has 0 spiro atoms. The molecule has 0 radical (unpaired) electrons. The second-order valence-electron chi connectivity index (χ2n) is 12.3. The van der Waals surface area contributed by atoms with Gasteiger partial charge in [-0.1, -0.05) is 80.4 Å². The molecule has 0 aliphatic heterocycles. The third-order valence-corrected chi connectivity index (χ3v) is 10.2. The first-order chi connectivity index (χ1) is 14.8. The van der Waals surface area contributed by atoms with Crippen LogP contribution in [0.2, 0.25) is 0 Å². The lowest BCUT2D eigenvalue weighted by atomic mass is 9.51. The van der Waals surface area contributed by atoms with E-state index in [1.54, 1.807) is 5.57 Å². The Morgan fingerprint density at radius 3 is 2.52 bits per heavy atom. The smallest absolute Gasteiger partial charge is 0.305 e. The predicted octanol–water partition coefficient (Wildman–Crippen LogP) is 9.23. The van der Waals surface area contributed by atoms with Gasteiger partial charge in [0.05, 0.1) is 0 Å². The molecular formula is C31H56O2. The number of rotatable bonds is 7. The summed E-state index contributed by atoms with van der Waals surface area (Å²) < 4.78 is 5.72. The summed E-state index contributed by atoms with van der Waals surface area (Å²) in [6.45, 7) is 11.9. The van der Waals surface area contributed by atoms with Crippen molar-refractivity contribution in [1.82, 2.24) is 0 Å². The van der Waals surface area contributed by atoms with Crippen molar-refractivity contribution in [3.8, 4) is 0 Å². The number of esters is 1. The predicted molar refractivity (Wildman–Crippen MR) is 142 cm³/mol. The number of carbonyl (C=O) groups excluding carboxylic acids is 1. The van der Waals surface area contributed by atoms with Gasteiger partial charge in [-0.25, -0.2) is 0 Å². The van der Waals surface area contributed by atoms with Gasteiger partial charge in [0.2, 0.25) is 0 Å². The Kier molecular flexibility index (Phi) is 10.1. The first-order valence-corrected chi connectivity index (χ1v) is 13.7. The van der Waals surface area contributed by atoms with Crippen molar-refractivity contribution in [2.24, 2.45) is 46.8 Å². The van der Waals surface area contributed by atoms with Crippen LogP contribution in [0, 0.1) is 46.8 Å². The molecule has 2 heteroatoms. The van der Waals surface area contributed by atoms with Crippen LogP contribution in [0.4, 0.5) is 0 Å². The molecule has 4 aliphatic rings. The lowest BCUT2D eigenvalue weighted by Gasteiger charge is -2.54. The van der Waals surface area contributed by atoms with Gasteiger partial charge in [0, 0.05) is 12.8 Å². The van der Waals surface area contributed by atoms with E-state index in [-0.39, 0.29) is 26.9 Å². The molecule has 8 unspecified atom stereocenters. The zero-order chi connectivity index (χ0) is 22.2. The van der Waals surface area contributed by atoms with E-state index in [2.05, 4.69) is 33.8 Å². The maximum atomic E-state index is 11.8. The van der Waals surface area contributed by atoms with Gasteiger partial charge < -0.3 is 4.74 Å². The lowest BCUT2D eigenvalue weighted by molar-refractivity contribution is -0.150. The summed E-state index contributed by atoms with van der Waals surface area (Å²) in [5.74, 6) is 6.19. The molecule has 8 atom stereocenters. The monoisotopic (exact) mass is 460 g/mol. The van der Waals surface area contributed by atoms with Gasteiger partial charge in [0.1, 0.15) is 6.10 Å². The van der Waals surface area contributed by atoms with Gasteiger partial charge in [0.15, 0.2) is 0 Å². The second-order valence-corrected chi connectivity index (χ2v) is 12.3. The molecule has 0 amide bonds. The van der Waals surface area contributed by atoms with Crippen LogP contribution in [0.3, 0.4) is 0 Å². The highest BCUT2D eigenvalue weighted by molar-refractivity contribution is 5.69. The van der Waals surface area contributed by atoms with Crippen molar-refractivity contribution in [2.75, 3.05) is 0 Å². The fourth-order valence-electron chi connectivity index (χ4n) is 8.63. The van der Waals surface area contributed by atoms with Crippen LogP contribution in [-0.4, -0.2) is 12.1 Å². The zero-order valence-electron chi connectivity index (χ0n) is 21.0. The molecular weight excluding hydrogens is 404 g/mol. The van der Waals surface area contributed by atoms with E-state index in [1.165, 1.54) is 57.8 Å². The lowest BCUT2D eigenvalue weighted by Crippen LogP contribution is -2.47. The Morgan fingerprint density at radius 2 is 1.82 bits per heavy atom. The van der Waals surface area contributed by atoms with Crippen molar-refractivity contribution in [2.45, 2.75) is 133 Å². The van der Waals surface area contributed by atoms with Crippen LogP contribution in [-0.2, 0) is 9.53 Å². The van der Waals surface area contributed by atoms with Gasteiger partial charge in [-0.2, -0.15) is 0 Å². The number of ether oxygens (including phenoxy) is 1. The summed E-state index contributed by atoms with van der Waals surface area (Å²) in [7, 11) is 0. The van der Waals surface area contributed by atoms with Crippen molar-refractivity contribution < 1.29 is 9.53 Å². The quantitative estimate of drug-likeness (QED) is 0.279. The Balaban J connectivity index is 0.00000193. The van der Waals surface area contributed by atoms with E-state index in [9.17, 15) is 4.79 Å². The highest BCUT2D eigenvalue weighted by Crippen LogP contribution is 2.64. The number of hydrogen-bond acceptors (Lipinski definition) is 2. The number of allylic oxidation sites excluding steroid dienone is 1. The highest BCUT2D eigenvalue weighted by atomic mass is 16.5. The van der Waals surface area contributed by atoms with Crippen LogP contribution < -0.4 is 0 Å². The summed E-state index contributed by atoms with van der Waals surface area (Å²) >= 11 is 0. The molecule has 2 nitrogen and oxygen atoms in total. The molecule has 0 N–H and O–H groups in total. The van der Waals surface area contributed by atoms with Gasteiger partial charge in [0.25, 0.3) is 0 Å². The normalized spacial score (nSPS) is 38.1. The Hall–Kier alpha value is -0.790. The largest absolute Gasteiger partial charge is 0.462 e. The van der Waals surface area contributed by atoms with Gasteiger partial charge in [-0.3, -0.25) is 4.79 Å². The number of fused-ring (bicyclic) bond motifs is 5. The van der Waals surface area contributed by atoms with Crippen LogP contribution in [0.15, 0.2) is 11.6 Å². The van der Waals surface area contributed by atoms with E-state index in [4.69, 9.17) is 4.74 Å². The zero-order valence-corrected chi connectivity index (χ0v) is 21.0.